The molecule has 1 amide bonds. The van der Waals surface area contributed by atoms with Crippen LogP contribution in [0.15, 0.2) is 34.2 Å². The molecule has 174 valence electrons. The maximum atomic E-state index is 13.8. The predicted octanol–water partition coefficient (Wildman–Crippen LogP) is 4.83. The molecule has 0 spiro atoms. The van der Waals surface area contributed by atoms with Crippen molar-refractivity contribution < 1.29 is 9.53 Å². The lowest BCUT2D eigenvalue weighted by atomic mass is 9.97. The van der Waals surface area contributed by atoms with Crippen LogP contribution in [-0.2, 0) is 17.6 Å². The smallest absolute Gasteiger partial charge is 0.267 e. The number of nitrogens with zero attached hydrogens (tertiary/aromatic N) is 3. The predicted molar refractivity (Wildman–Crippen MR) is 134 cm³/mol. The van der Waals surface area contributed by atoms with Crippen LogP contribution in [0, 0.1) is 0 Å². The number of thiophene rings is 1. The van der Waals surface area contributed by atoms with Gasteiger partial charge >= 0.3 is 0 Å². The molecule has 1 unspecified atom stereocenters. The topological polar surface area (TPSA) is 64.4 Å². The van der Waals surface area contributed by atoms with Gasteiger partial charge in [0.2, 0.25) is 5.91 Å². The van der Waals surface area contributed by atoms with Gasteiger partial charge in [-0.3, -0.25) is 14.2 Å². The highest BCUT2D eigenvalue weighted by Gasteiger charge is 2.26. The number of thioether (sulfide) groups is 1. The Kier molecular flexibility index (Phi) is 6.47. The van der Waals surface area contributed by atoms with E-state index in [2.05, 4.69) is 6.92 Å². The Hall–Kier alpha value is -2.32. The Balaban J connectivity index is 1.55. The molecular weight excluding hydrogens is 454 g/mol. The first-order valence-corrected chi connectivity index (χ1v) is 13.5. The van der Waals surface area contributed by atoms with Gasteiger partial charge in [0, 0.05) is 17.5 Å². The van der Waals surface area contributed by atoms with E-state index in [0.29, 0.717) is 5.16 Å². The highest BCUT2D eigenvalue weighted by molar-refractivity contribution is 7.99. The number of fused-ring (bicyclic) bond motifs is 3. The van der Waals surface area contributed by atoms with Gasteiger partial charge < -0.3 is 9.64 Å². The summed E-state index contributed by atoms with van der Waals surface area (Å²) in [7, 11) is 1.63. The largest absolute Gasteiger partial charge is 0.497 e. The summed E-state index contributed by atoms with van der Waals surface area (Å²) in [5, 5.41) is 1.33. The van der Waals surface area contributed by atoms with Crippen molar-refractivity contribution in [2.45, 2.75) is 63.1 Å². The van der Waals surface area contributed by atoms with Gasteiger partial charge in [0.25, 0.3) is 5.56 Å². The third-order valence-electron chi connectivity index (χ3n) is 6.74. The number of aromatic nitrogens is 2. The summed E-state index contributed by atoms with van der Waals surface area (Å²) in [6.07, 6.45) is 7.52. The van der Waals surface area contributed by atoms with Crippen LogP contribution in [0.3, 0.4) is 0 Å². The zero-order valence-corrected chi connectivity index (χ0v) is 20.8. The number of benzene rings is 1. The summed E-state index contributed by atoms with van der Waals surface area (Å²) in [6.45, 7) is 2.94. The monoisotopic (exact) mass is 483 g/mol. The number of piperidine rings is 1. The van der Waals surface area contributed by atoms with Crippen molar-refractivity contribution in [1.82, 2.24) is 14.5 Å². The molecule has 1 fully saturated rings. The second-order valence-corrected chi connectivity index (χ2v) is 10.9. The standard InChI is InChI=1S/C25H29N3O3S2/c1-16-7-5-6-14-27(16)21(29)15-32-25-26-23-22(19-8-3-4-9-20(19)33-23)24(30)28(25)17-10-12-18(31-2)13-11-17/h10-13,16H,3-9,14-15H2,1-2H3. The van der Waals surface area contributed by atoms with Crippen LogP contribution < -0.4 is 10.3 Å². The zero-order valence-electron chi connectivity index (χ0n) is 19.1. The zero-order chi connectivity index (χ0) is 22.9. The van der Waals surface area contributed by atoms with Crippen LogP contribution in [0.5, 0.6) is 5.75 Å². The van der Waals surface area contributed by atoms with Gasteiger partial charge in [0.1, 0.15) is 10.6 Å². The molecule has 2 aromatic heterocycles. The minimum absolute atomic E-state index is 0.0362. The summed E-state index contributed by atoms with van der Waals surface area (Å²) >= 11 is 3.01. The number of likely N-dealkylation sites (tertiary alicyclic amines) is 1. The fraction of sp³-hybridized carbons (Fsp3) is 0.480. The molecule has 6 nitrogen and oxygen atoms in total. The van der Waals surface area contributed by atoms with Crippen LogP contribution in [-0.4, -0.2) is 45.8 Å². The van der Waals surface area contributed by atoms with Crippen molar-refractivity contribution >= 4 is 39.2 Å². The maximum absolute atomic E-state index is 13.8. The average molecular weight is 484 g/mol. The van der Waals surface area contributed by atoms with Crippen LogP contribution in [0.4, 0.5) is 0 Å². The molecule has 1 aromatic carbocycles. The Morgan fingerprint density at radius 2 is 1.97 bits per heavy atom. The number of carbonyl (C=O) groups excluding carboxylic acids is 1. The van der Waals surface area contributed by atoms with Crippen molar-refractivity contribution in [3.05, 3.63) is 45.1 Å². The molecule has 1 atom stereocenters. The first-order valence-electron chi connectivity index (χ1n) is 11.7. The number of hydrogen-bond acceptors (Lipinski definition) is 6. The lowest BCUT2D eigenvalue weighted by Gasteiger charge is -2.33. The SMILES string of the molecule is COc1ccc(-n2c(SCC(=O)N3CCCCC3C)nc3sc4c(c3c2=O)CCCC4)cc1. The van der Waals surface area contributed by atoms with Gasteiger partial charge in [-0.2, -0.15) is 0 Å². The van der Waals surface area contributed by atoms with Gasteiger partial charge in [0.05, 0.1) is 23.9 Å². The van der Waals surface area contributed by atoms with E-state index < -0.39 is 0 Å². The molecule has 2 aliphatic rings. The van der Waals surface area contributed by atoms with Crippen molar-refractivity contribution in [2.75, 3.05) is 19.4 Å². The first-order chi connectivity index (χ1) is 16.1. The van der Waals surface area contributed by atoms with Crippen molar-refractivity contribution in [3.8, 4) is 11.4 Å². The summed E-state index contributed by atoms with van der Waals surface area (Å²) < 4.78 is 6.98. The molecule has 33 heavy (non-hydrogen) atoms. The number of amides is 1. The minimum Gasteiger partial charge on any atom is -0.497 e. The number of ether oxygens (including phenoxy) is 1. The summed E-state index contributed by atoms with van der Waals surface area (Å²) in [6, 6.07) is 7.74. The van der Waals surface area contributed by atoms with Crippen LogP contribution in [0.25, 0.3) is 15.9 Å². The van der Waals surface area contributed by atoms with Gasteiger partial charge in [0.15, 0.2) is 5.16 Å². The van der Waals surface area contributed by atoms with Gasteiger partial charge in [-0.15, -0.1) is 11.3 Å². The number of hydrogen-bond donors (Lipinski definition) is 0. The molecule has 3 heterocycles. The van der Waals surface area contributed by atoms with Gasteiger partial charge in [-0.25, -0.2) is 4.98 Å². The van der Waals surface area contributed by atoms with Gasteiger partial charge in [-0.05, 0) is 81.7 Å². The van der Waals surface area contributed by atoms with E-state index in [4.69, 9.17) is 9.72 Å². The quantitative estimate of drug-likeness (QED) is 0.384. The molecule has 5 rings (SSSR count). The Morgan fingerprint density at radius 3 is 2.73 bits per heavy atom. The maximum Gasteiger partial charge on any atom is 0.267 e. The molecular formula is C25H29N3O3S2. The second-order valence-electron chi connectivity index (χ2n) is 8.84. The van der Waals surface area contributed by atoms with E-state index in [1.807, 2.05) is 29.2 Å². The fourth-order valence-electron chi connectivity index (χ4n) is 4.92. The van der Waals surface area contributed by atoms with E-state index in [1.165, 1.54) is 28.6 Å². The Labute approximate surface area is 202 Å². The Bertz CT molecular complexity index is 1230. The van der Waals surface area contributed by atoms with E-state index in [-0.39, 0.29) is 23.3 Å². The number of carbonyl (C=O) groups is 1. The van der Waals surface area contributed by atoms with Crippen LogP contribution in [0.1, 0.15) is 49.5 Å². The molecule has 0 N–H and O–H groups in total. The molecule has 0 bridgehead atoms. The normalized spacial score (nSPS) is 18.4. The van der Waals surface area contributed by atoms with Crippen molar-refractivity contribution in [2.24, 2.45) is 0 Å². The fourth-order valence-corrected chi connectivity index (χ4v) is 7.12. The summed E-state index contributed by atoms with van der Waals surface area (Å²) in [5.74, 6) is 1.13. The third kappa shape index (κ3) is 4.30. The Morgan fingerprint density at radius 1 is 1.18 bits per heavy atom. The second kappa shape index (κ2) is 9.50. The molecule has 1 aliphatic carbocycles. The minimum atomic E-state index is -0.0362. The van der Waals surface area contributed by atoms with E-state index >= 15 is 0 Å². The molecule has 0 saturated carbocycles. The third-order valence-corrected chi connectivity index (χ3v) is 8.85. The van der Waals surface area contributed by atoms with Crippen molar-refractivity contribution in [3.63, 3.8) is 0 Å². The lowest BCUT2D eigenvalue weighted by Crippen LogP contribution is -2.43. The number of rotatable bonds is 5. The molecule has 1 aliphatic heterocycles. The molecule has 0 radical (unpaired) electrons. The highest BCUT2D eigenvalue weighted by atomic mass is 32.2. The average Bonchev–Trinajstić information content (AvgIpc) is 3.22. The van der Waals surface area contributed by atoms with Gasteiger partial charge in [-0.1, -0.05) is 11.8 Å². The summed E-state index contributed by atoms with van der Waals surface area (Å²) in [5.41, 5.74) is 1.88. The molecule has 3 aromatic rings. The highest BCUT2D eigenvalue weighted by Crippen LogP contribution is 2.35. The molecule has 8 heteroatoms. The van der Waals surface area contributed by atoms with E-state index in [1.54, 1.807) is 23.0 Å². The molecule has 1 saturated heterocycles. The lowest BCUT2D eigenvalue weighted by molar-refractivity contribution is -0.131. The van der Waals surface area contributed by atoms with E-state index in [0.717, 1.165) is 66.7 Å². The van der Waals surface area contributed by atoms with E-state index in [9.17, 15) is 9.59 Å². The number of aryl methyl sites for hydroxylation is 2. The first kappa shape index (κ1) is 22.5. The number of methoxy groups -OCH3 is 1. The summed E-state index contributed by atoms with van der Waals surface area (Å²) in [4.78, 5) is 35.8. The van der Waals surface area contributed by atoms with Crippen molar-refractivity contribution in [1.29, 1.82) is 0 Å². The van der Waals surface area contributed by atoms with Crippen LogP contribution >= 0.6 is 23.1 Å². The van der Waals surface area contributed by atoms with Crippen LogP contribution in [0.2, 0.25) is 0 Å².